The van der Waals surface area contributed by atoms with Gasteiger partial charge in [-0.25, -0.2) is 4.79 Å². The second-order valence-electron chi connectivity index (χ2n) is 9.93. The zero-order valence-corrected chi connectivity index (χ0v) is 25.5. The van der Waals surface area contributed by atoms with Crippen LogP contribution in [-0.2, 0) is 23.6 Å². The molecule has 6 nitrogen and oxygen atoms in total. The first kappa shape index (κ1) is 35.8. The molecule has 1 N–H and O–H groups in total. The summed E-state index contributed by atoms with van der Waals surface area (Å²) in [5.74, 6) is -0.548. The van der Waals surface area contributed by atoms with Crippen molar-refractivity contribution in [2.45, 2.75) is 161 Å². The number of carbonyl (C=O) groups excluding carboxylic acids is 1. The third-order valence-corrected chi connectivity index (χ3v) is 7.53. The maximum Gasteiger partial charge on any atom is 0.472 e. The molecule has 0 saturated carbocycles. The molecule has 0 bridgehead atoms. The number of hydrogen-bond acceptors (Lipinski definition) is 7. The van der Waals surface area contributed by atoms with Gasteiger partial charge < -0.3 is 14.6 Å². The van der Waals surface area contributed by atoms with Gasteiger partial charge in [0.15, 0.2) is 6.29 Å². The zero-order chi connectivity index (χ0) is 27.1. The van der Waals surface area contributed by atoms with Crippen LogP contribution in [0.4, 0.5) is 0 Å². The van der Waals surface area contributed by atoms with Gasteiger partial charge in [-0.1, -0.05) is 128 Å². The molecule has 214 valence electrons. The van der Waals surface area contributed by atoms with Gasteiger partial charge in [-0.05, 0) is 25.7 Å². The lowest BCUT2D eigenvalue weighted by molar-refractivity contribution is -0.258. The van der Waals surface area contributed by atoms with Gasteiger partial charge in [0.05, 0.1) is 6.61 Å². The van der Waals surface area contributed by atoms with Crippen molar-refractivity contribution in [3.8, 4) is 0 Å². The lowest BCUT2D eigenvalue weighted by Gasteiger charge is -2.26. The number of rotatable bonds is 26. The number of unbranched alkanes of at least 4 members (excludes halogenated alkanes) is 12. The van der Waals surface area contributed by atoms with Gasteiger partial charge in [0.1, 0.15) is 5.44 Å². The molecule has 5 unspecified atom stereocenters. The molecule has 8 heteroatoms. The van der Waals surface area contributed by atoms with Crippen LogP contribution in [0.3, 0.4) is 0 Å². The van der Waals surface area contributed by atoms with Crippen molar-refractivity contribution in [1.29, 1.82) is 0 Å². The Morgan fingerprint density at radius 1 is 0.833 bits per heavy atom. The Morgan fingerprint density at radius 2 is 1.31 bits per heavy atom. The summed E-state index contributed by atoms with van der Waals surface area (Å²) in [5.41, 5.74) is -2.91. The summed E-state index contributed by atoms with van der Waals surface area (Å²) in [6, 6.07) is 0. The molecule has 0 aliphatic rings. The molecule has 0 aromatic heterocycles. The SMILES string of the molecule is CCCCCCCCCCCC(CCCCCCC)CC(S)OC(CC)OC(O)([PH+]=O)C(=O)OCC. The minimum absolute atomic E-state index is 0.0562. The fourth-order valence-corrected chi connectivity index (χ4v) is 5.19. The van der Waals surface area contributed by atoms with Gasteiger partial charge in [-0.2, -0.15) is 0 Å². The minimum atomic E-state index is -2.51. The molecule has 0 heterocycles. The molecule has 0 aromatic rings. The number of esters is 1. The van der Waals surface area contributed by atoms with Crippen molar-refractivity contribution in [1.82, 2.24) is 0 Å². The van der Waals surface area contributed by atoms with Crippen LogP contribution < -0.4 is 0 Å². The van der Waals surface area contributed by atoms with Crippen LogP contribution in [0.2, 0.25) is 0 Å². The maximum atomic E-state index is 12.0. The van der Waals surface area contributed by atoms with Crippen molar-refractivity contribution in [2.75, 3.05) is 6.61 Å². The Hall–Kier alpha value is -0.200. The Morgan fingerprint density at radius 3 is 1.72 bits per heavy atom. The summed E-state index contributed by atoms with van der Waals surface area (Å²) in [6.45, 7) is 7.98. The number of hydrogen-bond donors (Lipinski definition) is 2. The number of ether oxygens (including phenoxy) is 3. The van der Waals surface area contributed by atoms with Gasteiger partial charge in [0.25, 0.3) is 0 Å². The van der Waals surface area contributed by atoms with E-state index >= 15 is 0 Å². The molecule has 0 amide bonds. The van der Waals surface area contributed by atoms with E-state index in [2.05, 4.69) is 26.5 Å². The highest BCUT2D eigenvalue weighted by Gasteiger charge is 2.51. The Balaban J connectivity index is 4.67. The standard InChI is InChI=1S/C28H55O6PS/c1-5-9-11-13-14-15-16-18-20-22-24(21-19-17-12-10-6-2)23-26(36)33-25(7-3)34-28(30,35-31)27(29)32-8-4/h24-26,30,36H,5-23H2,1-4H3/p+1. The quantitative estimate of drug-likeness (QED) is 0.0368. The Labute approximate surface area is 228 Å². The highest BCUT2D eigenvalue weighted by Crippen LogP contribution is 2.30. The lowest BCUT2D eigenvalue weighted by atomic mass is 9.91. The first-order valence-corrected chi connectivity index (χ1v) is 16.1. The highest BCUT2D eigenvalue weighted by molar-refractivity contribution is 7.80. The molecule has 0 rings (SSSR count). The summed E-state index contributed by atoms with van der Waals surface area (Å²) in [7, 11) is -1.42. The van der Waals surface area contributed by atoms with Gasteiger partial charge in [-0.3, -0.25) is 4.74 Å². The monoisotopic (exact) mass is 551 g/mol. The van der Waals surface area contributed by atoms with Crippen molar-refractivity contribution < 1.29 is 28.7 Å². The Bertz CT molecular complexity index is 538. The second kappa shape index (κ2) is 23.9. The molecule has 0 saturated heterocycles. The van der Waals surface area contributed by atoms with Crippen LogP contribution in [0.5, 0.6) is 0 Å². The van der Waals surface area contributed by atoms with E-state index in [0.29, 0.717) is 12.3 Å². The maximum absolute atomic E-state index is 12.0. The van der Waals surface area contributed by atoms with Crippen molar-refractivity contribution in [2.24, 2.45) is 5.92 Å². The van der Waals surface area contributed by atoms with E-state index in [1.54, 1.807) is 6.92 Å². The van der Waals surface area contributed by atoms with Crippen LogP contribution in [0.1, 0.15) is 143 Å². The number of carbonyl (C=O) groups is 1. The third kappa shape index (κ3) is 18.1. The molecule has 0 spiro atoms. The van der Waals surface area contributed by atoms with E-state index in [4.69, 9.17) is 14.2 Å². The van der Waals surface area contributed by atoms with E-state index in [1.807, 2.05) is 6.92 Å². The number of thiol groups is 1. The van der Waals surface area contributed by atoms with E-state index in [0.717, 1.165) is 19.3 Å². The first-order chi connectivity index (χ1) is 17.4. The zero-order valence-electron chi connectivity index (χ0n) is 23.6. The van der Waals surface area contributed by atoms with Gasteiger partial charge in [0.2, 0.25) is 0 Å². The molecular weight excluding hydrogens is 495 g/mol. The van der Waals surface area contributed by atoms with E-state index in [9.17, 15) is 14.5 Å². The largest absolute Gasteiger partial charge is 0.472 e. The summed E-state index contributed by atoms with van der Waals surface area (Å²) < 4.78 is 27.6. The van der Waals surface area contributed by atoms with Crippen molar-refractivity contribution in [3.63, 3.8) is 0 Å². The average Bonchev–Trinajstić information content (AvgIpc) is 2.86. The Kier molecular flexibility index (Phi) is 23.8. The van der Waals surface area contributed by atoms with Crippen LogP contribution in [0.25, 0.3) is 0 Å². The van der Waals surface area contributed by atoms with Gasteiger partial charge >= 0.3 is 20.0 Å². The molecule has 0 fully saturated rings. The fraction of sp³-hybridized carbons (Fsp3) is 0.964. The first-order valence-electron chi connectivity index (χ1n) is 14.7. The highest BCUT2D eigenvalue weighted by atomic mass is 32.1. The predicted molar refractivity (Wildman–Crippen MR) is 153 cm³/mol. The third-order valence-electron chi connectivity index (χ3n) is 6.60. The number of aliphatic hydroxyl groups is 1. The van der Waals surface area contributed by atoms with Crippen LogP contribution >= 0.6 is 21.1 Å². The summed E-state index contributed by atoms with van der Waals surface area (Å²) >= 11 is 4.66. The van der Waals surface area contributed by atoms with E-state index < -0.39 is 31.7 Å². The van der Waals surface area contributed by atoms with Crippen LogP contribution in [-0.4, -0.2) is 34.9 Å². The fourth-order valence-electron chi connectivity index (χ4n) is 4.42. The van der Waals surface area contributed by atoms with Crippen molar-refractivity contribution in [3.05, 3.63) is 0 Å². The van der Waals surface area contributed by atoms with E-state index in [1.165, 1.54) is 89.9 Å². The summed E-state index contributed by atoms with van der Waals surface area (Å²) in [5, 5.41) is 10.3. The molecule has 0 aromatic carbocycles. The van der Waals surface area contributed by atoms with Gasteiger partial charge in [-0.15, -0.1) is 12.6 Å². The molecule has 0 radical (unpaired) electrons. The normalized spacial score (nSPS) is 15.9. The summed E-state index contributed by atoms with van der Waals surface area (Å²) in [6.07, 6.45) is 20.8. The van der Waals surface area contributed by atoms with Crippen LogP contribution in [0.15, 0.2) is 0 Å². The molecule has 5 atom stereocenters. The molecular formula is C28H56O6PS+. The minimum Gasteiger partial charge on any atom is -0.458 e. The van der Waals surface area contributed by atoms with Crippen molar-refractivity contribution >= 4 is 27.1 Å². The smallest absolute Gasteiger partial charge is 0.458 e. The molecule has 0 aliphatic heterocycles. The van der Waals surface area contributed by atoms with Crippen LogP contribution in [0, 0.1) is 5.92 Å². The summed E-state index contributed by atoms with van der Waals surface area (Å²) in [4.78, 5) is 12.0. The topological polar surface area (TPSA) is 82.1 Å². The lowest BCUT2D eigenvalue weighted by Crippen LogP contribution is -2.42. The second-order valence-corrected chi connectivity index (χ2v) is 11.4. The average molecular weight is 552 g/mol. The molecule has 36 heavy (non-hydrogen) atoms. The van der Waals surface area contributed by atoms with Gasteiger partial charge in [0, 0.05) is 0 Å². The molecule has 0 aliphatic carbocycles. The van der Waals surface area contributed by atoms with E-state index in [-0.39, 0.29) is 6.61 Å². The predicted octanol–water partition coefficient (Wildman–Crippen LogP) is 8.53.